The highest BCUT2D eigenvalue weighted by molar-refractivity contribution is 5.85. The number of carbonyl (C=O) groups excluding carboxylic acids is 1. The van der Waals surface area contributed by atoms with Gasteiger partial charge in [-0.15, -0.1) is 0 Å². The highest BCUT2D eigenvalue weighted by Gasteiger charge is 2.34. The smallest absolute Gasteiger partial charge is 0.375 e. The molecule has 0 aromatic rings. The Balaban J connectivity index is 2.49. The van der Waals surface area contributed by atoms with Gasteiger partial charge >= 0.3 is 5.97 Å². The predicted molar refractivity (Wildman–Crippen MR) is 41.5 cm³/mol. The number of hydrogen-bond acceptors (Lipinski definition) is 4. The summed E-state index contributed by atoms with van der Waals surface area (Å²) in [4.78, 5) is 10.9. The van der Waals surface area contributed by atoms with Gasteiger partial charge in [0, 0.05) is 13.3 Å². The first-order valence-electron chi connectivity index (χ1n) is 3.79. The number of aliphatic hydroxyl groups excluding tert-OH is 1. The Hall–Kier alpha value is -1.03. The topological polar surface area (TPSA) is 55.8 Å². The zero-order valence-electron chi connectivity index (χ0n) is 7.00. The van der Waals surface area contributed by atoms with E-state index >= 15 is 0 Å². The van der Waals surface area contributed by atoms with Gasteiger partial charge in [-0.3, -0.25) is 0 Å². The lowest BCUT2D eigenvalue weighted by Gasteiger charge is -2.22. The van der Waals surface area contributed by atoms with Crippen LogP contribution in [-0.4, -0.2) is 23.5 Å². The Morgan fingerprint density at radius 1 is 1.75 bits per heavy atom. The molecule has 68 valence electrons. The SMILES string of the molecule is C=C(O)C(=O)OC1(C)CCCO1. The maximum Gasteiger partial charge on any atom is 0.375 e. The van der Waals surface area contributed by atoms with E-state index in [1.54, 1.807) is 6.92 Å². The lowest BCUT2D eigenvalue weighted by atomic mass is 10.2. The summed E-state index contributed by atoms with van der Waals surface area (Å²) in [6, 6.07) is 0. The zero-order chi connectivity index (χ0) is 9.19. The first-order chi connectivity index (χ1) is 5.53. The van der Waals surface area contributed by atoms with E-state index < -0.39 is 17.5 Å². The van der Waals surface area contributed by atoms with E-state index in [4.69, 9.17) is 14.6 Å². The van der Waals surface area contributed by atoms with Crippen molar-refractivity contribution in [2.45, 2.75) is 25.6 Å². The number of ether oxygens (including phenoxy) is 2. The van der Waals surface area contributed by atoms with Crippen molar-refractivity contribution in [2.24, 2.45) is 0 Å². The van der Waals surface area contributed by atoms with Gasteiger partial charge in [-0.1, -0.05) is 0 Å². The van der Waals surface area contributed by atoms with Gasteiger partial charge in [0.1, 0.15) is 0 Å². The number of aliphatic hydroxyl groups is 1. The van der Waals surface area contributed by atoms with E-state index in [1.807, 2.05) is 0 Å². The van der Waals surface area contributed by atoms with E-state index in [0.29, 0.717) is 13.0 Å². The van der Waals surface area contributed by atoms with Crippen LogP contribution in [0.4, 0.5) is 0 Å². The number of hydrogen-bond donors (Lipinski definition) is 1. The van der Waals surface area contributed by atoms with Crippen LogP contribution in [0.3, 0.4) is 0 Å². The van der Waals surface area contributed by atoms with Crippen LogP contribution >= 0.6 is 0 Å². The fourth-order valence-corrected chi connectivity index (χ4v) is 1.09. The summed E-state index contributed by atoms with van der Waals surface area (Å²) in [5, 5.41) is 8.67. The van der Waals surface area contributed by atoms with E-state index in [0.717, 1.165) is 6.42 Å². The monoisotopic (exact) mass is 172 g/mol. The molecule has 1 fully saturated rings. The fourth-order valence-electron chi connectivity index (χ4n) is 1.09. The third-order valence-corrected chi connectivity index (χ3v) is 1.73. The van der Waals surface area contributed by atoms with Gasteiger partial charge in [-0.25, -0.2) is 4.79 Å². The lowest BCUT2D eigenvalue weighted by Crippen LogP contribution is -2.30. The molecule has 12 heavy (non-hydrogen) atoms. The minimum Gasteiger partial charge on any atom is -0.502 e. The lowest BCUT2D eigenvalue weighted by molar-refractivity contribution is -0.204. The Kier molecular flexibility index (Phi) is 2.38. The van der Waals surface area contributed by atoms with Crippen LogP contribution in [0.2, 0.25) is 0 Å². The van der Waals surface area contributed by atoms with Gasteiger partial charge in [0.2, 0.25) is 5.79 Å². The number of rotatable bonds is 2. The second-order valence-corrected chi connectivity index (χ2v) is 2.92. The van der Waals surface area contributed by atoms with E-state index in [2.05, 4.69) is 6.58 Å². The summed E-state index contributed by atoms with van der Waals surface area (Å²) in [5.41, 5.74) is 0. The van der Waals surface area contributed by atoms with Crippen LogP contribution in [0.5, 0.6) is 0 Å². The van der Waals surface area contributed by atoms with Crippen molar-refractivity contribution in [1.29, 1.82) is 0 Å². The normalized spacial score (nSPS) is 28.4. The first kappa shape index (κ1) is 9.06. The van der Waals surface area contributed by atoms with E-state index in [9.17, 15) is 4.79 Å². The molecule has 1 aliphatic heterocycles. The molecular formula is C8H12O4. The van der Waals surface area contributed by atoms with Crippen LogP contribution in [-0.2, 0) is 14.3 Å². The molecule has 1 rings (SSSR count). The molecule has 1 heterocycles. The van der Waals surface area contributed by atoms with Crippen molar-refractivity contribution in [3.63, 3.8) is 0 Å². The summed E-state index contributed by atoms with van der Waals surface area (Å²) in [6.45, 7) is 5.31. The molecule has 1 N–H and O–H groups in total. The molecule has 1 aliphatic rings. The van der Waals surface area contributed by atoms with Crippen molar-refractivity contribution in [1.82, 2.24) is 0 Å². The van der Waals surface area contributed by atoms with Gasteiger partial charge < -0.3 is 14.6 Å². The van der Waals surface area contributed by atoms with Crippen molar-refractivity contribution in [3.05, 3.63) is 12.3 Å². The summed E-state index contributed by atoms with van der Waals surface area (Å²) in [5.74, 6) is -2.28. The molecule has 0 amide bonds. The minimum atomic E-state index is -0.872. The molecule has 1 atom stereocenters. The van der Waals surface area contributed by atoms with Gasteiger partial charge in [-0.05, 0) is 13.0 Å². The zero-order valence-corrected chi connectivity index (χ0v) is 7.00. The van der Waals surface area contributed by atoms with Crippen molar-refractivity contribution in [3.8, 4) is 0 Å². The molecule has 4 nitrogen and oxygen atoms in total. The van der Waals surface area contributed by atoms with E-state index in [-0.39, 0.29) is 0 Å². The highest BCUT2D eigenvalue weighted by Crippen LogP contribution is 2.26. The Morgan fingerprint density at radius 3 is 2.83 bits per heavy atom. The highest BCUT2D eigenvalue weighted by atomic mass is 16.7. The number of carbonyl (C=O) groups is 1. The molecule has 0 radical (unpaired) electrons. The molecule has 1 saturated heterocycles. The fraction of sp³-hybridized carbons (Fsp3) is 0.625. The first-order valence-corrected chi connectivity index (χ1v) is 3.79. The minimum absolute atomic E-state index is 0.585. The molecule has 0 aromatic heterocycles. The molecule has 0 aliphatic carbocycles. The third-order valence-electron chi connectivity index (χ3n) is 1.73. The Morgan fingerprint density at radius 2 is 2.42 bits per heavy atom. The van der Waals surface area contributed by atoms with Crippen LogP contribution in [0.25, 0.3) is 0 Å². The average molecular weight is 172 g/mol. The maximum atomic E-state index is 10.9. The summed E-state index contributed by atoms with van der Waals surface area (Å²) in [6.07, 6.45) is 1.52. The van der Waals surface area contributed by atoms with Crippen molar-refractivity contribution in [2.75, 3.05) is 6.61 Å². The molecule has 0 bridgehead atoms. The molecule has 1 unspecified atom stereocenters. The summed E-state index contributed by atoms with van der Waals surface area (Å²) < 4.78 is 10.0. The quantitative estimate of drug-likeness (QED) is 0.385. The Bertz CT molecular complexity index is 203. The third kappa shape index (κ3) is 1.98. The molecule has 0 spiro atoms. The largest absolute Gasteiger partial charge is 0.502 e. The van der Waals surface area contributed by atoms with Crippen LogP contribution in [0.15, 0.2) is 12.3 Å². The van der Waals surface area contributed by atoms with Crippen molar-refractivity contribution < 1.29 is 19.4 Å². The second-order valence-electron chi connectivity index (χ2n) is 2.92. The summed E-state index contributed by atoms with van der Waals surface area (Å²) >= 11 is 0. The van der Waals surface area contributed by atoms with Crippen LogP contribution < -0.4 is 0 Å². The number of esters is 1. The van der Waals surface area contributed by atoms with E-state index in [1.165, 1.54) is 0 Å². The predicted octanol–water partition coefficient (Wildman–Crippen LogP) is 1.13. The second kappa shape index (κ2) is 3.15. The molecule has 4 heteroatoms. The van der Waals surface area contributed by atoms with Crippen LogP contribution in [0, 0.1) is 0 Å². The average Bonchev–Trinajstić information content (AvgIpc) is 2.35. The Labute approximate surface area is 70.8 Å². The molecular weight excluding hydrogens is 160 g/mol. The summed E-state index contributed by atoms with van der Waals surface area (Å²) in [7, 11) is 0. The van der Waals surface area contributed by atoms with Gasteiger partial charge in [0.25, 0.3) is 0 Å². The van der Waals surface area contributed by atoms with Gasteiger partial charge in [-0.2, -0.15) is 0 Å². The van der Waals surface area contributed by atoms with Crippen LogP contribution in [0.1, 0.15) is 19.8 Å². The standard InChI is InChI=1S/C8H12O4/c1-6(9)7(10)12-8(2)4-3-5-11-8/h9H,1,3-5H2,2H3. The maximum absolute atomic E-state index is 10.9. The van der Waals surface area contributed by atoms with Gasteiger partial charge in [0.05, 0.1) is 6.61 Å². The van der Waals surface area contributed by atoms with Crippen molar-refractivity contribution >= 4 is 5.97 Å². The molecule has 0 saturated carbocycles. The van der Waals surface area contributed by atoms with Gasteiger partial charge in [0.15, 0.2) is 5.76 Å². The molecule has 0 aromatic carbocycles.